The summed E-state index contributed by atoms with van der Waals surface area (Å²) in [6, 6.07) is 8.53. The van der Waals surface area contributed by atoms with E-state index in [1.54, 1.807) is 6.26 Å². The van der Waals surface area contributed by atoms with E-state index in [0.29, 0.717) is 6.04 Å². The van der Waals surface area contributed by atoms with Crippen LogP contribution in [0.4, 0.5) is 5.69 Å². The zero-order chi connectivity index (χ0) is 11.5. The summed E-state index contributed by atoms with van der Waals surface area (Å²) in [6.45, 7) is 2.30. The van der Waals surface area contributed by atoms with Gasteiger partial charge in [0.2, 0.25) is 0 Å². The monoisotopic (exact) mass is 237 g/mol. The molecule has 2 nitrogen and oxygen atoms in total. The average Bonchev–Trinajstić information content (AvgIpc) is 2.64. The summed E-state index contributed by atoms with van der Waals surface area (Å²) in [4.78, 5) is 0.899. The number of hydrogen-bond donors (Lipinski definition) is 1. The highest BCUT2D eigenvalue weighted by Crippen LogP contribution is 2.27. The molecule has 1 aromatic rings. The maximum absolute atomic E-state index is 11.4. The Morgan fingerprint density at radius 2 is 2.19 bits per heavy atom. The standard InChI is InChI=1S/C13H19NOS/c1-10-6-7-12(8-10)14-11-4-3-5-13(9-11)16(2)15/h3-5,9-10,12,14H,6-8H2,1-2H3. The number of rotatable bonds is 3. The van der Waals surface area contributed by atoms with E-state index in [4.69, 9.17) is 0 Å². The molecule has 3 heteroatoms. The molecule has 3 unspecified atom stereocenters. The Labute approximate surface area is 99.9 Å². The fraction of sp³-hybridized carbons (Fsp3) is 0.538. The first-order chi connectivity index (χ1) is 7.65. The van der Waals surface area contributed by atoms with Gasteiger partial charge in [0.25, 0.3) is 0 Å². The van der Waals surface area contributed by atoms with Crippen molar-refractivity contribution in [2.24, 2.45) is 5.92 Å². The third-order valence-electron chi connectivity index (χ3n) is 3.23. The van der Waals surface area contributed by atoms with Gasteiger partial charge in [0.05, 0.1) is 0 Å². The van der Waals surface area contributed by atoms with Gasteiger partial charge in [-0.25, -0.2) is 0 Å². The van der Waals surface area contributed by atoms with Crippen LogP contribution in [0, 0.1) is 5.92 Å². The number of anilines is 1. The quantitative estimate of drug-likeness (QED) is 0.875. The van der Waals surface area contributed by atoms with Gasteiger partial charge in [-0.15, -0.1) is 0 Å². The molecule has 88 valence electrons. The largest absolute Gasteiger partial charge is 0.382 e. The minimum atomic E-state index is -0.889. The van der Waals surface area contributed by atoms with Crippen LogP contribution in [0.1, 0.15) is 26.2 Å². The Bertz CT molecular complexity index is 391. The fourth-order valence-electron chi connectivity index (χ4n) is 2.34. The molecule has 1 saturated carbocycles. The Morgan fingerprint density at radius 1 is 1.38 bits per heavy atom. The maximum Gasteiger partial charge on any atom is 0.0498 e. The summed E-state index contributed by atoms with van der Waals surface area (Å²) < 4.78 is 11.4. The second-order valence-electron chi connectivity index (χ2n) is 4.74. The van der Waals surface area contributed by atoms with E-state index in [0.717, 1.165) is 16.5 Å². The lowest BCUT2D eigenvalue weighted by molar-refractivity contribution is 0.602. The predicted octanol–water partition coefficient (Wildman–Crippen LogP) is 3.02. The van der Waals surface area contributed by atoms with Crippen LogP contribution in [0.3, 0.4) is 0 Å². The second-order valence-corrected chi connectivity index (χ2v) is 6.12. The predicted molar refractivity (Wildman–Crippen MR) is 69.2 cm³/mol. The molecule has 0 radical (unpaired) electrons. The molecular weight excluding hydrogens is 218 g/mol. The molecule has 0 spiro atoms. The Morgan fingerprint density at radius 3 is 2.81 bits per heavy atom. The summed E-state index contributed by atoms with van der Waals surface area (Å²) in [5, 5.41) is 3.53. The Kier molecular flexibility index (Phi) is 3.64. The summed E-state index contributed by atoms with van der Waals surface area (Å²) >= 11 is 0. The van der Waals surface area contributed by atoms with Gasteiger partial charge in [-0.3, -0.25) is 4.21 Å². The minimum absolute atomic E-state index is 0.593. The molecule has 0 saturated heterocycles. The molecule has 0 bridgehead atoms. The first-order valence-electron chi connectivity index (χ1n) is 5.85. The molecule has 0 heterocycles. The molecule has 2 rings (SSSR count). The van der Waals surface area contributed by atoms with Gasteiger partial charge in [-0.1, -0.05) is 13.0 Å². The number of benzene rings is 1. The van der Waals surface area contributed by atoms with Crippen molar-refractivity contribution < 1.29 is 4.21 Å². The van der Waals surface area contributed by atoms with Crippen molar-refractivity contribution in [2.45, 2.75) is 37.1 Å². The third kappa shape index (κ3) is 2.85. The zero-order valence-electron chi connectivity index (χ0n) is 9.90. The number of nitrogens with one attached hydrogen (secondary N) is 1. The lowest BCUT2D eigenvalue weighted by Crippen LogP contribution is -2.15. The highest BCUT2D eigenvalue weighted by Gasteiger charge is 2.20. The summed E-state index contributed by atoms with van der Waals surface area (Å²) in [6.07, 6.45) is 5.54. The maximum atomic E-state index is 11.4. The van der Waals surface area contributed by atoms with Crippen LogP contribution in [-0.4, -0.2) is 16.5 Å². The highest BCUT2D eigenvalue weighted by atomic mass is 32.2. The normalized spacial score (nSPS) is 26.6. The fourth-order valence-corrected chi connectivity index (χ4v) is 2.90. The van der Waals surface area contributed by atoms with Crippen molar-refractivity contribution in [3.8, 4) is 0 Å². The molecule has 0 amide bonds. The molecule has 1 aliphatic rings. The van der Waals surface area contributed by atoms with Crippen molar-refractivity contribution >= 4 is 16.5 Å². The van der Waals surface area contributed by atoms with E-state index in [9.17, 15) is 4.21 Å². The number of hydrogen-bond acceptors (Lipinski definition) is 2. The van der Waals surface area contributed by atoms with E-state index >= 15 is 0 Å². The van der Waals surface area contributed by atoms with E-state index < -0.39 is 10.8 Å². The van der Waals surface area contributed by atoms with Crippen molar-refractivity contribution in [3.63, 3.8) is 0 Å². The van der Waals surface area contributed by atoms with Gasteiger partial charge in [0.15, 0.2) is 0 Å². The van der Waals surface area contributed by atoms with Gasteiger partial charge in [-0.05, 0) is 43.4 Å². The smallest absolute Gasteiger partial charge is 0.0498 e. The first-order valence-corrected chi connectivity index (χ1v) is 7.41. The van der Waals surface area contributed by atoms with Crippen LogP contribution in [-0.2, 0) is 10.8 Å². The van der Waals surface area contributed by atoms with E-state index in [1.807, 2.05) is 18.2 Å². The molecule has 0 aliphatic heterocycles. The third-order valence-corrected chi connectivity index (χ3v) is 4.15. The summed E-state index contributed by atoms with van der Waals surface area (Å²) in [5.41, 5.74) is 1.10. The van der Waals surface area contributed by atoms with Crippen LogP contribution in [0.15, 0.2) is 29.2 Å². The Hall–Kier alpha value is -0.830. The van der Waals surface area contributed by atoms with Crippen molar-refractivity contribution in [3.05, 3.63) is 24.3 Å². The van der Waals surface area contributed by atoms with E-state index in [1.165, 1.54) is 19.3 Å². The molecule has 3 atom stereocenters. The highest BCUT2D eigenvalue weighted by molar-refractivity contribution is 7.84. The van der Waals surface area contributed by atoms with Crippen LogP contribution in [0.25, 0.3) is 0 Å². The zero-order valence-corrected chi connectivity index (χ0v) is 10.7. The lowest BCUT2D eigenvalue weighted by atomic mass is 10.1. The molecule has 0 aromatic heterocycles. The van der Waals surface area contributed by atoms with Gasteiger partial charge in [-0.2, -0.15) is 0 Å². The molecule has 1 N–H and O–H groups in total. The van der Waals surface area contributed by atoms with Crippen molar-refractivity contribution in [1.82, 2.24) is 0 Å². The van der Waals surface area contributed by atoms with E-state index in [2.05, 4.69) is 18.3 Å². The molecule has 1 aliphatic carbocycles. The summed E-state index contributed by atoms with van der Waals surface area (Å²) in [7, 11) is -0.889. The summed E-state index contributed by atoms with van der Waals surface area (Å²) in [5.74, 6) is 0.834. The van der Waals surface area contributed by atoms with Crippen LogP contribution in [0.5, 0.6) is 0 Å². The Balaban J connectivity index is 2.04. The van der Waals surface area contributed by atoms with Gasteiger partial charge < -0.3 is 5.32 Å². The van der Waals surface area contributed by atoms with Crippen LogP contribution >= 0.6 is 0 Å². The molecule has 1 fully saturated rings. The van der Waals surface area contributed by atoms with Crippen LogP contribution < -0.4 is 5.32 Å². The van der Waals surface area contributed by atoms with E-state index in [-0.39, 0.29) is 0 Å². The van der Waals surface area contributed by atoms with Gasteiger partial charge in [0, 0.05) is 33.7 Å². The minimum Gasteiger partial charge on any atom is -0.382 e. The molecular formula is C13H19NOS. The first kappa shape index (κ1) is 11.6. The SMILES string of the molecule is CC1CCC(Nc2cccc(S(C)=O)c2)C1. The van der Waals surface area contributed by atoms with Gasteiger partial charge >= 0.3 is 0 Å². The second kappa shape index (κ2) is 5.00. The molecule has 16 heavy (non-hydrogen) atoms. The van der Waals surface area contributed by atoms with Crippen molar-refractivity contribution in [2.75, 3.05) is 11.6 Å². The van der Waals surface area contributed by atoms with Crippen LogP contribution in [0.2, 0.25) is 0 Å². The molecule has 1 aromatic carbocycles. The van der Waals surface area contributed by atoms with Crippen molar-refractivity contribution in [1.29, 1.82) is 0 Å². The topological polar surface area (TPSA) is 29.1 Å². The average molecular weight is 237 g/mol. The van der Waals surface area contributed by atoms with Gasteiger partial charge in [0.1, 0.15) is 0 Å². The lowest BCUT2D eigenvalue weighted by Gasteiger charge is -2.14.